The Balaban J connectivity index is 1.62. The first-order chi connectivity index (χ1) is 17.5. The van der Waals surface area contributed by atoms with E-state index in [2.05, 4.69) is 0 Å². The second kappa shape index (κ2) is 9.73. The molecule has 2 atom stereocenters. The van der Waals surface area contributed by atoms with Gasteiger partial charge in [0.1, 0.15) is 29.1 Å². The Labute approximate surface area is 209 Å². The van der Waals surface area contributed by atoms with Crippen LogP contribution in [-0.4, -0.2) is 24.4 Å². The summed E-state index contributed by atoms with van der Waals surface area (Å²) in [7, 11) is 0. The van der Waals surface area contributed by atoms with Crippen molar-refractivity contribution in [3.05, 3.63) is 89.7 Å². The zero-order valence-corrected chi connectivity index (χ0v) is 19.4. The molecule has 4 rings (SSSR count). The van der Waals surface area contributed by atoms with Crippen molar-refractivity contribution in [2.24, 2.45) is 0 Å². The van der Waals surface area contributed by atoms with Gasteiger partial charge in [-0.3, -0.25) is 4.79 Å². The maximum atomic E-state index is 14.9. The molecule has 37 heavy (non-hydrogen) atoms. The van der Waals surface area contributed by atoms with Crippen LogP contribution in [-0.2, 0) is 14.9 Å². The average Bonchev–Trinajstić information content (AvgIpc) is 2.88. The van der Waals surface area contributed by atoms with Gasteiger partial charge in [-0.05, 0) is 61.0 Å². The van der Waals surface area contributed by atoms with E-state index in [9.17, 15) is 32.0 Å². The molecule has 0 heterocycles. The van der Waals surface area contributed by atoms with E-state index >= 15 is 0 Å². The number of benzene rings is 3. The smallest absolute Gasteiger partial charge is 0.330 e. The van der Waals surface area contributed by atoms with Crippen LogP contribution in [0.25, 0.3) is 0 Å². The monoisotopic (exact) mass is 517 g/mol. The fourth-order valence-corrected chi connectivity index (χ4v) is 4.12. The van der Waals surface area contributed by atoms with Crippen molar-refractivity contribution in [1.82, 2.24) is 0 Å². The molecule has 5 nitrogen and oxygen atoms in total. The van der Waals surface area contributed by atoms with Crippen LogP contribution >= 0.6 is 0 Å². The Bertz CT molecular complexity index is 1320. The minimum absolute atomic E-state index is 0.0618. The molecule has 1 aliphatic rings. The number of hydrogen-bond donors (Lipinski definition) is 0. The minimum atomic E-state index is -4.77. The first kappa shape index (κ1) is 25.9. The van der Waals surface area contributed by atoms with E-state index in [1.807, 2.05) is 0 Å². The SMILES string of the molecule is CCOc1ccc(C2(C(=O)OC(C#N)c3cccc(Oc4ccc(F)cc4)c3)CC(F)(F)C2(F)F)cc1. The zero-order chi connectivity index (χ0) is 26.8. The van der Waals surface area contributed by atoms with E-state index in [0.717, 1.165) is 12.1 Å². The number of nitrogens with zero attached hydrogens (tertiary/aromatic N) is 1. The average molecular weight is 517 g/mol. The molecule has 10 heteroatoms. The Morgan fingerprint density at radius 1 is 0.973 bits per heavy atom. The van der Waals surface area contributed by atoms with Crippen LogP contribution in [0.5, 0.6) is 17.2 Å². The van der Waals surface area contributed by atoms with Crippen LogP contribution in [0.15, 0.2) is 72.8 Å². The lowest BCUT2D eigenvalue weighted by atomic mass is 9.58. The van der Waals surface area contributed by atoms with Crippen molar-refractivity contribution >= 4 is 5.97 Å². The molecule has 1 aliphatic carbocycles. The molecule has 3 aromatic carbocycles. The van der Waals surface area contributed by atoms with Gasteiger partial charge < -0.3 is 14.2 Å². The predicted molar refractivity (Wildman–Crippen MR) is 121 cm³/mol. The van der Waals surface area contributed by atoms with E-state index in [1.165, 1.54) is 60.7 Å². The summed E-state index contributed by atoms with van der Waals surface area (Å²) < 4.78 is 86.9. The van der Waals surface area contributed by atoms with Crippen molar-refractivity contribution in [3.8, 4) is 23.3 Å². The molecule has 0 amide bonds. The van der Waals surface area contributed by atoms with Crippen LogP contribution < -0.4 is 9.47 Å². The minimum Gasteiger partial charge on any atom is -0.494 e. The summed E-state index contributed by atoms with van der Waals surface area (Å²) in [4.78, 5) is 13.1. The first-order valence-electron chi connectivity index (χ1n) is 11.2. The zero-order valence-electron chi connectivity index (χ0n) is 19.4. The molecule has 1 fully saturated rings. The molecule has 0 N–H and O–H groups in total. The molecule has 192 valence electrons. The lowest BCUT2D eigenvalue weighted by Gasteiger charge is -2.52. The molecule has 0 spiro atoms. The summed E-state index contributed by atoms with van der Waals surface area (Å²) in [6, 6.07) is 17.2. The second-order valence-corrected chi connectivity index (χ2v) is 8.36. The van der Waals surface area contributed by atoms with Crippen LogP contribution in [0.2, 0.25) is 0 Å². The van der Waals surface area contributed by atoms with Crippen molar-refractivity contribution < 1.29 is 41.0 Å². The van der Waals surface area contributed by atoms with Gasteiger partial charge in [0, 0.05) is 12.0 Å². The number of carbonyl (C=O) groups excluding carboxylic acids is 1. The molecule has 0 aliphatic heterocycles. The summed E-state index contributed by atoms with van der Waals surface area (Å²) in [5.74, 6) is -10.6. The predicted octanol–water partition coefficient (Wildman–Crippen LogP) is 6.74. The van der Waals surface area contributed by atoms with Gasteiger partial charge in [0.25, 0.3) is 0 Å². The van der Waals surface area contributed by atoms with Gasteiger partial charge in [-0.2, -0.15) is 22.8 Å². The lowest BCUT2D eigenvalue weighted by Crippen LogP contribution is -2.72. The third-order valence-electron chi connectivity index (χ3n) is 6.04. The fourth-order valence-electron chi connectivity index (χ4n) is 4.12. The Hall–Kier alpha value is -4.13. The topological polar surface area (TPSA) is 68.5 Å². The number of alkyl halides is 4. The van der Waals surface area contributed by atoms with Gasteiger partial charge in [0.05, 0.1) is 6.61 Å². The van der Waals surface area contributed by atoms with Crippen molar-refractivity contribution in [2.45, 2.75) is 36.7 Å². The molecule has 3 aromatic rings. The fraction of sp³-hybridized carbons (Fsp3) is 0.259. The molecule has 2 unspecified atom stereocenters. The van der Waals surface area contributed by atoms with E-state index in [1.54, 1.807) is 13.0 Å². The molecule has 0 aromatic heterocycles. The maximum Gasteiger partial charge on any atom is 0.330 e. The van der Waals surface area contributed by atoms with Gasteiger partial charge in [-0.15, -0.1) is 0 Å². The largest absolute Gasteiger partial charge is 0.494 e. The van der Waals surface area contributed by atoms with Crippen LogP contribution in [0.3, 0.4) is 0 Å². The molecule has 0 bridgehead atoms. The number of esters is 1. The molecule has 0 radical (unpaired) electrons. The summed E-state index contributed by atoms with van der Waals surface area (Å²) in [6.45, 7) is 1.99. The Morgan fingerprint density at radius 3 is 2.19 bits per heavy atom. The van der Waals surface area contributed by atoms with Crippen LogP contribution in [0.1, 0.15) is 30.6 Å². The summed E-state index contributed by atoms with van der Waals surface area (Å²) in [5.41, 5.74) is -3.33. The first-order valence-corrected chi connectivity index (χ1v) is 11.2. The highest BCUT2D eigenvalue weighted by atomic mass is 19.3. The lowest BCUT2D eigenvalue weighted by molar-refractivity contribution is -0.324. The second-order valence-electron chi connectivity index (χ2n) is 8.36. The van der Waals surface area contributed by atoms with Crippen molar-refractivity contribution in [3.63, 3.8) is 0 Å². The number of rotatable bonds is 8. The highest BCUT2D eigenvalue weighted by Crippen LogP contribution is 2.64. The number of carbonyl (C=O) groups is 1. The third-order valence-corrected chi connectivity index (χ3v) is 6.04. The van der Waals surface area contributed by atoms with Crippen LogP contribution in [0, 0.1) is 17.1 Å². The number of ether oxygens (including phenoxy) is 3. The van der Waals surface area contributed by atoms with Crippen molar-refractivity contribution in [2.75, 3.05) is 6.61 Å². The molecular weight excluding hydrogens is 497 g/mol. The van der Waals surface area contributed by atoms with E-state index < -0.39 is 41.6 Å². The highest BCUT2D eigenvalue weighted by Gasteiger charge is 2.84. The Kier molecular flexibility index (Phi) is 6.82. The molecule has 1 saturated carbocycles. The van der Waals surface area contributed by atoms with Gasteiger partial charge >= 0.3 is 17.8 Å². The van der Waals surface area contributed by atoms with Gasteiger partial charge in [0.15, 0.2) is 5.41 Å². The highest BCUT2D eigenvalue weighted by molar-refractivity contribution is 5.87. The maximum absolute atomic E-state index is 14.9. The van der Waals surface area contributed by atoms with Gasteiger partial charge in [0.2, 0.25) is 6.10 Å². The number of halogens is 5. The van der Waals surface area contributed by atoms with E-state index in [0.29, 0.717) is 5.75 Å². The van der Waals surface area contributed by atoms with Gasteiger partial charge in [-0.1, -0.05) is 24.3 Å². The van der Waals surface area contributed by atoms with E-state index in [-0.39, 0.29) is 29.2 Å². The standard InChI is InChI=1S/C27H20F5NO4/c1-2-35-20-10-6-18(7-11-20)25(16-26(29,30)27(25,31)32)24(34)37-23(15-33)17-4-3-5-22(14-17)36-21-12-8-19(28)9-13-21/h3-14,23H,2,16H2,1H3. The van der Waals surface area contributed by atoms with Gasteiger partial charge in [-0.25, -0.2) is 4.39 Å². The summed E-state index contributed by atoms with van der Waals surface area (Å²) >= 11 is 0. The summed E-state index contributed by atoms with van der Waals surface area (Å²) in [6.07, 6.45) is -3.19. The number of nitriles is 1. The molecule has 0 saturated heterocycles. The number of hydrogen-bond acceptors (Lipinski definition) is 5. The van der Waals surface area contributed by atoms with Crippen LogP contribution in [0.4, 0.5) is 22.0 Å². The molecular formula is C27H20F5NO4. The van der Waals surface area contributed by atoms with E-state index in [4.69, 9.17) is 14.2 Å². The Morgan fingerprint density at radius 2 is 1.62 bits per heavy atom. The normalized spacial score (nSPS) is 20.1. The summed E-state index contributed by atoms with van der Waals surface area (Å²) in [5, 5.41) is 9.63. The quantitative estimate of drug-likeness (QED) is 0.245. The van der Waals surface area contributed by atoms with Crippen molar-refractivity contribution in [1.29, 1.82) is 5.26 Å². The third kappa shape index (κ3) is 4.57.